The summed E-state index contributed by atoms with van der Waals surface area (Å²) >= 11 is 0. The van der Waals surface area contributed by atoms with Gasteiger partial charge in [-0.15, -0.1) is 6.58 Å². The van der Waals surface area contributed by atoms with Crippen LogP contribution in [0, 0.1) is 38.0 Å². The molecule has 2 aliphatic carbocycles. The van der Waals surface area contributed by atoms with Gasteiger partial charge >= 0.3 is 12.2 Å². The quantitative estimate of drug-likeness (QED) is 0.0235. The summed E-state index contributed by atoms with van der Waals surface area (Å²) in [6.07, 6.45) is 5.99. The minimum Gasteiger partial charge on any atom is -0.459 e. The Kier molecular flexibility index (Phi) is 17.5. The zero-order chi connectivity index (χ0) is 54.6. The molecule has 404 valence electrons. The second-order valence-corrected chi connectivity index (χ2v) is 19.6. The van der Waals surface area contributed by atoms with Crippen LogP contribution >= 0.6 is 0 Å². The first-order chi connectivity index (χ1) is 38.0. The summed E-state index contributed by atoms with van der Waals surface area (Å²) in [5.74, 6) is -2.62. The van der Waals surface area contributed by atoms with Gasteiger partial charge in [-0.1, -0.05) is 103 Å². The Hall–Kier alpha value is -8.45. The smallest absolute Gasteiger partial charge is 0.416 e. The number of rotatable bonds is 23. The number of oxime groups is 1. The number of aliphatic hydroxyl groups excluding tert-OH is 2. The molecule has 3 aliphatic rings. The van der Waals surface area contributed by atoms with Gasteiger partial charge in [0.15, 0.2) is 0 Å². The number of nitro benzene ring substituents is 2. The van der Waals surface area contributed by atoms with Crippen molar-refractivity contribution in [3.63, 3.8) is 0 Å². The molecule has 6 aromatic carbocycles. The van der Waals surface area contributed by atoms with E-state index in [0.29, 0.717) is 61.1 Å². The number of nitro groups is 2. The Morgan fingerprint density at radius 2 is 1.47 bits per heavy atom. The van der Waals surface area contributed by atoms with E-state index in [0.717, 1.165) is 27.5 Å². The number of hydrogen-bond acceptors (Lipinski definition) is 14. The molecule has 1 aliphatic heterocycles. The SMILES string of the molecule is C=CCO[C@@]12Oc3ccc(OC(=O)NCc4ccccc4)cc3[C@H]3[C@H](CCCCO)[C@@H](CCCCO)C=C(C(=NOCc4ccc([N+](=O)[O-])cc4)C[C@@H]1N(Cc1cccc4ccccc14)C(=O)Oc1ccc([N+](=O)[O-])cc1)[C@H]32. The summed E-state index contributed by atoms with van der Waals surface area (Å²) in [6, 6.07) is 38.3. The van der Waals surface area contributed by atoms with Crippen molar-refractivity contribution in [1.29, 1.82) is 0 Å². The summed E-state index contributed by atoms with van der Waals surface area (Å²) in [7, 11) is 0. The van der Waals surface area contributed by atoms with Crippen LogP contribution in [0.15, 0.2) is 169 Å². The number of unbranched alkanes of at least 4 members (excludes halogenated alkanes) is 2. The number of amides is 2. The first kappa shape index (κ1) is 54.3. The van der Waals surface area contributed by atoms with Crippen molar-refractivity contribution in [3.8, 4) is 17.2 Å². The second-order valence-electron chi connectivity index (χ2n) is 19.6. The molecule has 1 heterocycles. The van der Waals surface area contributed by atoms with E-state index in [9.17, 15) is 35.2 Å². The van der Waals surface area contributed by atoms with Crippen LogP contribution < -0.4 is 19.5 Å². The van der Waals surface area contributed by atoms with Crippen LogP contribution in [-0.4, -0.2) is 74.5 Å². The zero-order valence-electron chi connectivity index (χ0n) is 42.9. The van der Waals surface area contributed by atoms with Gasteiger partial charge in [-0.3, -0.25) is 25.1 Å². The van der Waals surface area contributed by atoms with E-state index in [-0.39, 0.29) is 80.6 Å². The van der Waals surface area contributed by atoms with Crippen LogP contribution in [-0.2, 0) is 29.3 Å². The standard InChI is InChI=1S/C60H61N5O13/c1-2-33-74-60-55(63(38-44-18-12-17-42-15-6-7-19-49(42)44)59(69)77-47-27-25-46(26-28-47)65(72)73)36-53(62-75-39-41-21-23-45(24-22-41)64(70)71)51-34-43(16-8-10-31-66)50(20-9-11-32-67)56(57(51)60)52-35-48(29-30-54(52)78-60)76-58(68)61-37-40-13-4-3-5-14-40/h2-7,12-15,17-19,21-30,34-35,43,50,55-57,66-67H,1,8-11,16,20,31-33,36-39H2,(H,61,68)/t43-,50+,55-,56+,57+,60+/m0/s1. The van der Waals surface area contributed by atoms with Gasteiger partial charge in [-0.25, -0.2) is 9.59 Å². The molecule has 6 atom stereocenters. The van der Waals surface area contributed by atoms with Crippen LogP contribution in [0.3, 0.4) is 0 Å². The number of carbonyl (C=O) groups excluding carboxylic acids is 2. The monoisotopic (exact) mass is 1060 g/mol. The minimum absolute atomic E-state index is 0.000117. The number of benzene rings is 6. The molecule has 18 nitrogen and oxygen atoms in total. The van der Waals surface area contributed by atoms with Crippen LogP contribution in [0.5, 0.6) is 17.2 Å². The molecule has 9 rings (SSSR count). The molecule has 2 amide bonds. The molecule has 18 heteroatoms. The van der Waals surface area contributed by atoms with E-state index >= 15 is 4.79 Å². The van der Waals surface area contributed by atoms with Crippen molar-refractivity contribution in [3.05, 3.63) is 206 Å². The Labute approximate surface area is 450 Å². The number of fused-ring (bicyclic) bond motifs is 3. The van der Waals surface area contributed by atoms with E-state index in [1.807, 2.05) is 78.9 Å². The predicted octanol–water partition coefficient (Wildman–Crippen LogP) is 11.5. The van der Waals surface area contributed by atoms with Crippen LogP contribution in [0.25, 0.3) is 10.8 Å². The highest BCUT2D eigenvalue weighted by Crippen LogP contribution is 2.62. The lowest BCUT2D eigenvalue weighted by Crippen LogP contribution is -2.70. The lowest BCUT2D eigenvalue weighted by atomic mass is 9.55. The molecule has 0 aromatic heterocycles. The number of ether oxygens (including phenoxy) is 4. The average molecular weight is 1060 g/mol. The lowest BCUT2D eigenvalue weighted by molar-refractivity contribution is -0.385. The average Bonchev–Trinajstić information content (AvgIpc) is 3.65. The van der Waals surface area contributed by atoms with Crippen LogP contribution in [0.2, 0.25) is 0 Å². The molecule has 0 bridgehead atoms. The molecule has 3 N–H and O–H groups in total. The van der Waals surface area contributed by atoms with Gasteiger partial charge in [-0.05, 0) is 113 Å². The molecular weight excluding hydrogens is 999 g/mol. The Balaban J connectivity index is 1.23. The summed E-state index contributed by atoms with van der Waals surface area (Å²) in [4.78, 5) is 59.0. The third kappa shape index (κ3) is 12.2. The molecular formula is C60H61N5O13. The van der Waals surface area contributed by atoms with Crippen molar-refractivity contribution in [1.82, 2.24) is 10.2 Å². The minimum atomic E-state index is -1.74. The van der Waals surface area contributed by atoms with Gasteiger partial charge in [0.05, 0.1) is 34.6 Å². The van der Waals surface area contributed by atoms with E-state index < -0.39 is 45.7 Å². The predicted molar refractivity (Wildman–Crippen MR) is 291 cm³/mol. The lowest BCUT2D eigenvalue weighted by Gasteiger charge is -2.59. The van der Waals surface area contributed by atoms with Gasteiger partial charge in [0.2, 0.25) is 5.79 Å². The maximum atomic E-state index is 15.5. The van der Waals surface area contributed by atoms with Gasteiger partial charge in [-0.2, -0.15) is 0 Å². The number of nitrogens with zero attached hydrogens (tertiary/aromatic N) is 4. The Morgan fingerprint density at radius 3 is 2.19 bits per heavy atom. The van der Waals surface area contributed by atoms with E-state index in [1.165, 1.54) is 36.4 Å². The van der Waals surface area contributed by atoms with E-state index in [4.69, 9.17) is 28.9 Å². The molecule has 6 aromatic rings. The van der Waals surface area contributed by atoms with Crippen molar-refractivity contribution in [2.45, 2.75) is 82.4 Å². The molecule has 1 saturated carbocycles. The van der Waals surface area contributed by atoms with Gasteiger partial charge in [0.1, 0.15) is 29.9 Å². The van der Waals surface area contributed by atoms with Crippen molar-refractivity contribution < 1.29 is 53.4 Å². The fourth-order valence-corrected chi connectivity index (χ4v) is 11.2. The van der Waals surface area contributed by atoms with Crippen LogP contribution in [0.4, 0.5) is 21.0 Å². The highest BCUT2D eigenvalue weighted by Gasteiger charge is 2.66. The topological polar surface area (TPSA) is 235 Å². The highest BCUT2D eigenvalue weighted by atomic mass is 16.7. The van der Waals surface area contributed by atoms with E-state index in [2.05, 4.69) is 18.0 Å². The van der Waals surface area contributed by atoms with E-state index in [1.54, 1.807) is 35.2 Å². The molecule has 0 radical (unpaired) electrons. The van der Waals surface area contributed by atoms with Crippen molar-refractivity contribution in [2.75, 3.05) is 19.8 Å². The highest BCUT2D eigenvalue weighted by molar-refractivity contribution is 6.03. The van der Waals surface area contributed by atoms with Crippen molar-refractivity contribution >= 4 is 40.0 Å². The normalized spacial score (nSPS) is 20.5. The maximum absolute atomic E-state index is 15.5. The summed E-state index contributed by atoms with van der Waals surface area (Å²) in [6.45, 7) is 4.10. The third-order valence-electron chi connectivity index (χ3n) is 14.8. The first-order valence-corrected chi connectivity index (χ1v) is 26.1. The summed E-state index contributed by atoms with van der Waals surface area (Å²) in [5, 5.41) is 53.0. The fourth-order valence-electron chi connectivity index (χ4n) is 11.2. The number of allylic oxidation sites excluding steroid dienone is 1. The summed E-state index contributed by atoms with van der Waals surface area (Å²) in [5.41, 5.74) is 3.88. The van der Waals surface area contributed by atoms with Gasteiger partial charge in [0, 0.05) is 61.9 Å². The Morgan fingerprint density at radius 1 is 0.795 bits per heavy atom. The number of nitrogens with one attached hydrogen (secondary N) is 1. The van der Waals surface area contributed by atoms with Crippen LogP contribution in [0.1, 0.15) is 73.1 Å². The molecule has 0 spiro atoms. The second kappa shape index (κ2) is 25.1. The van der Waals surface area contributed by atoms with Crippen molar-refractivity contribution in [2.24, 2.45) is 22.9 Å². The molecule has 1 fully saturated rings. The maximum Gasteiger partial charge on any atom is 0.416 e. The Bertz CT molecular complexity index is 3160. The third-order valence-corrected chi connectivity index (χ3v) is 14.8. The van der Waals surface area contributed by atoms with Gasteiger partial charge < -0.3 is 39.3 Å². The molecule has 0 saturated heterocycles. The number of non-ortho nitro benzene ring substituents is 2. The molecule has 78 heavy (non-hydrogen) atoms. The fraction of sp³-hybridized carbons (Fsp3) is 0.317. The summed E-state index contributed by atoms with van der Waals surface area (Å²) < 4.78 is 26.8. The molecule has 0 unspecified atom stereocenters. The number of aliphatic hydroxyl groups is 2. The number of carbonyl (C=O) groups is 2. The number of hydrogen-bond donors (Lipinski definition) is 3. The first-order valence-electron chi connectivity index (χ1n) is 26.1. The van der Waals surface area contributed by atoms with Gasteiger partial charge in [0.25, 0.3) is 11.4 Å². The zero-order valence-corrected chi connectivity index (χ0v) is 42.9. The largest absolute Gasteiger partial charge is 0.459 e.